The Morgan fingerprint density at radius 3 is 2.16 bits per heavy atom. The molecule has 1 rings (SSSR count). The van der Waals surface area contributed by atoms with Gasteiger partial charge in [0, 0.05) is 11.6 Å². The molecule has 0 heterocycles. The first-order valence-electron chi connectivity index (χ1n) is 6.41. The number of benzene rings is 1. The molecule has 2 heteroatoms. The quantitative estimate of drug-likeness (QED) is 0.456. The van der Waals surface area contributed by atoms with Crippen LogP contribution in [0.4, 0.5) is 0 Å². The molecular weight excluding hydrogens is 236 g/mol. The van der Waals surface area contributed by atoms with E-state index in [1.807, 2.05) is 27.7 Å². The molecule has 0 aliphatic carbocycles. The smallest absolute Gasteiger partial charge is 0.331 e. The minimum Gasteiger partial charge on any atom is -0.450 e. The summed E-state index contributed by atoms with van der Waals surface area (Å²) < 4.78 is 5.46. The number of carbonyl (C=O) groups excluding carboxylic acids is 1. The first kappa shape index (κ1) is 15.2. The zero-order valence-corrected chi connectivity index (χ0v) is 12.4. The van der Waals surface area contributed by atoms with E-state index < -0.39 is 6.10 Å². The number of allylic oxidation sites excluding steroid dienone is 1. The molecular formula is C17H22O2. The summed E-state index contributed by atoms with van der Waals surface area (Å²) in [5.74, 6) is -0.329. The molecule has 1 aromatic carbocycles. The molecule has 0 radical (unpaired) electrons. The second-order valence-electron chi connectivity index (χ2n) is 5.13. The van der Waals surface area contributed by atoms with Crippen molar-refractivity contribution in [2.45, 2.75) is 40.7 Å². The van der Waals surface area contributed by atoms with E-state index >= 15 is 0 Å². The predicted molar refractivity (Wildman–Crippen MR) is 79.1 cm³/mol. The second kappa shape index (κ2) is 6.37. The highest BCUT2D eigenvalue weighted by atomic mass is 16.5. The Morgan fingerprint density at radius 2 is 1.74 bits per heavy atom. The Kier molecular flexibility index (Phi) is 5.11. The lowest BCUT2D eigenvalue weighted by Crippen LogP contribution is -2.10. The first-order valence-corrected chi connectivity index (χ1v) is 6.41. The summed E-state index contributed by atoms with van der Waals surface area (Å²) in [5.41, 5.74) is 5.39. The van der Waals surface area contributed by atoms with Gasteiger partial charge >= 0.3 is 5.97 Å². The van der Waals surface area contributed by atoms with Crippen LogP contribution >= 0.6 is 0 Å². The standard InChI is InChI=1S/C17H22O2/c1-7-15(19-16(18)8-11(2)3)17-13(5)9-12(4)10-14(17)6/h7-10,15H,1H2,2-6H3. The molecule has 1 unspecified atom stereocenters. The van der Waals surface area contributed by atoms with Crippen LogP contribution in [0.3, 0.4) is 0 Å². The third-order valence-electron chi connectivity index (χ3n) is 2.89. The van der Waals surface area contributed by atoms with Crippen LogP contribution in [-0.4, -0.2) is 5.97 Å². The molecule has 0 saturated heterocycles. The van der Waals surface area contributed by atoms with E-state index in [9.17, 15) is 4.79 Å². The minimum atomic E-state index is -0.399. The van der Waals surface area contributed by atoms with Crippen LogP contribution in [0.25, 0.3) is 0 Å². The molecule has 102 valence electrons. The zero-order valence-electron chi connectivity index (χ0n) is 12.4. The van der Waals surface area contributed by atoms with Crippen molar-refractivity contribution < 1.29 is 9.53 Å². The highest BCUT2D eigenvalue weighted by Crippen LogP contribution is 2.27. The normalized spacial score (nSPS) is 11.6. The Hall–Kier alpha value is -1.83. The van der Waals surface area contributed by atoms with E-state index in [4.69, 9.17) is 4.74 Å². The molecule has 0 amide bonds. The number of rotatable bonds is 4. The van der Waals surface area contributed by atoms with E-state index in [0.717, 1.165) is 22.3 Å². The Morgan fingerprint density at radius 1 is 1.21 bits per heavy atom. The van der Waals surface area contributed by atoms with Gasteiger partial charge in [0.15, 0.2) is 0 Å². The molecule has 19 heavy (non-hydrogen) atoms. The average molecular weight is 258 g/mol. The van der Waals surface area contributed by atoms with E-state index in [0.29, 0.717) is 0 Å². The fourth-order valence-corrected chi connectivity index (χ4v) is 2.26. The summed E-state index contributed by atoms with van der Waals surface area (Å²) in [6, 6.07) is 4.18. The van der Waals surface area contributed by atoms with Gasteiger partial charge in [-0.15, -0.1) is 0 Å². The van der Waals surface area contributed by atoms with Gasteiger partial charge in [-0.1, -0.05) is 29.8 Å². The summed E-state index contributed by atoms with van der Waals surface area (Å²) >= 11 is 0. The fraction of sp³-hybridized carbons (Fsp3) is 0.353. The molecule has 0 spiro atoms. The Labute approximate surface area is 115 Å². The molecule has 0 aliphatic heterocycles. The SMILES string of the molecule is C=CC(OC(=O)C=C(C)C)c1c(C)cc(C)cc1C. The number of esters is 1. The monoisotopic (exact) mass is 258 g/mol. The maximum absolute atomic E-state index is 11.7. The molecule has 0 aromatic heterocycles. The topological polar surface area (TPSA) is 26.3 Å². The molecule has 0 saturated carbocycles. The highest BCUT2D eigenvalue weighted by molar-refractivity contribution is 5.83. The van der Waals surface area contributed by atoms with Crippen molar-refractivity contribution in [1.82, 2.24) is 0 Å². The molecule has 0 fully saturated rings. The maximum Gasteiger partial charge on any atom is 0.331 e. The van der Waals surface area contributed by atoms with Gasteiger partial charge in [0.1, 0.15) is 6.10 Å². The van der Waals surface area contributed by atoms with E-state index in [-0.39, 0.29) is 5.97 Å². The van der Waals surface area contributed by atoms with Gasteiger partial charge in [-0.3, -0.25) is 0 Å². The van der Waals surface area contributed by atoms with Crippen LogP contribution in [0.2, 0.25) is 0 Å². The first-order chi connectivity index (χ1) is 8.85. The lowest BCUT2D eigenvalue weighted by atomic mass is 9.95. The summed E-state index contributed by atoms with van der Waals surface area (Å²) in [4.78, 5) is 11.7. The lowest BCUT2D eigenvalue weighted by Gasteiger charge is -2.19. The largest absolute Gasteiger partial charge is 0.450 e. The fourth-order valence-electron chi connectivity index (χ4n) is 2.26. The molecule has 0 bridgehead atoms. The van der Waals surface area contributed by atoms with Crippen molar-refractivity contribution >= 4 is 5.97 Å². The maximum atomic E-state index is 11.7. The van der Waals surface area contributed by atoms with Crippen LogP contribution < -0.4 is 0 Å². The van der Waals surface area contributed by atoms with Crippen LogP contribution in [0.15, 0.2) is 36.4 Å². The number of ether oxygens (including phenoxy) is 1. The van der Waals surface area contributed by atoms with Gasteiger partial charge in [0.2, 0.25) is 0 Å². The van der Waals surface area contributed by atoms with Gasteiger partial charge in [-0.2, -0.15) is 0 Å². The average Bonchev–Trinajstić information content (AvgIpc) is 2.24. The Balaban J connectivity index is 3.08. The molecule has 2 nitrogen and oxygen atoms in total. The van der Waals surface area contributed by atoms with Crippen LogP contribution in [-0.2, 0) is 9.53 Å². The van der Waals surface area contributed by atoms with E-state index in [2.05, 4.69) is 25.6 Å². The van der Waals surface area contributed by atoms with Crippen molar-refractivity contribution in [2.75, 3.05) is 0 Å². The predicted octanol–water partition coefficient (Wildman–Crippen LogP) is 4.35. The molecule has 1 aromatic rings. The zero-order chi connectivity index (χ0) is 14.6. The van der Waals surface area contributed by atoms with Crippen molar-refractivity contribution in [3.8, 4) is 0 Å². The van der Waals surface area contributed by atoms with E-state index in [1.54, 1.807) is 6.08 Å². The summed E-state index contributed by atoms with van der Waals surface area (Å²) in [6.45, 7) is 13.6. The molecule has 0 aliphatic rings. The number of hydrogen-bond acceptors (Lipinski definition) is 2. The van der Waals surface area contributed by atoms with Gasteiger partial charge in [0.05, 0.1) is 0 Å². The number of aryl methyl sites for hydroxylation is 3. The van der Waals surface area contributed by atoms with E-state index in [1.165, 1.54) is 11.6 Å². The van der Waals surface area contributed by atoms with Gasteiger partial charge in [-0.25, -0.2) is 4.79 Å². The number of hydrogen-bond donors (Lipinski definition) is 0. The van der Waals surface area contributed by atoms with Gasteiger partial charge < -0.3 is 4.74 Å². The lowest BCUT2D eigenvalue weighted by molar-refractivity contribution is -0.141. The Bertz CT molecular complexity index is 497. The van der Waals surface area contributed by atoms with Gasteiger partial charge in [-0.05, 0) is 51.8 Å². The summed E-state index contributed by atoms with van der Waals surface area (Å²) in [6.07, 6.45) is 2.76. The van der Waals surface area contributed by atoms with Crippen molar-refractivity contribution in [2.24, 2.45) is 0 Å². The van der Waals surface area contributed by atoms with Crippen LogP contribution in [0.5, 0.6) is 0 Å². The van der Waals surface area contributed by atoms with Crippen LogP contribution in [0, 0.1) is 20.8 Å². The molecule has 1 atom stereocenters. The highest BCUT2D eigenvalue weighted by Gasteiger charge is 2.17. The van der Waals surface area contributed by atoms with Crippen molar-refractivity contribution in [3.63, 3.8) is 0 Å². The number of carbonyl (C=O) groups is 1. The van der Waals surface area contributed by atoms with Gasteiger partial charge in [0.25, 0.3) is 0 Å². The van der Waals surface area contributed by atoms with Crippen molar-refractivity contribution in [3.05, 3.63) is 58.7 Å². The second-order valence-corrected chi connectivity index (χ2v) is 5.13. The third kappa shape index (κ3) is 4.09. The minimum absolute atomic E-state index is 0.329. The summed E-state index contributed by atoms with van der Waals surface area (Å²) in [5, 5.41) is 0. The molecule has 0 N–H and O–H groups in total. The van der Waals surface area contributed by atoms with Crippen LogP contribution in [0.1, 0.15) is 42.2 Å². The van der Waals surface area contributed by atoms with Crippen molar-refractivity contribution in [1.29, 1.82) is 0 Å². The summed E-state index contributed by atoms with van der Waals surface area (Å²) in [7, 11) is 0. The third-order valence-corrected chi connectivity index (χ3v) is 2.89.